The van der Waals surface area contributed by atoms with Crippen LogP contribution in [0.4, 0.5) is 0 Å². The highest BCUT2D eigenvalue weighted by molar-refractivity contribution is 9.10. The maximum atomic E-state index is 4.53. The zero-order chi connectivity index (χ0) is 13.8. The largest absolute Gasteiger partial charge is 0.310 e. The molecular weight excluding hydrogens is 304 g/mol. The molecule has 0 aromatic carbocycles. The summed E-state index contributed by atoms with van der Waals surface area (Å²) in [6, 6.07) is 0.711. The highest BCUT2D eigenvalue weighted by Crippen LogP contribution is 2.21. The normalized spacial score (nSPS) is 20.3. The third-order valence-electron chi connectivity index (χ3n) is 4.08. The average molecular weight is 329 g/mol. The number of hydrogen-bond donors (Lipinski definition) is 1. The summed E-state index contributed by atoms with van der Waals surface area (Å²) in [6.07, 6.45) is 3.64. The van der Waals surface area contributed by atoms with Crippen molar-refractivity contribution in [1.82, 2.24) is 20.0 Å². The lowest BCUT2D eigenvalue weighted by atomic mass is 10.2. The van der Waals surface area contributed by atoms with Gasteiger partial charge in [-0.15, -0.1) is 0 Å². The summed E-state index contributed by atoms with van der Waals surface area (Å²) in [4.78, 5) is 2.57. The van der Waals surface area contributed by atoms with E-state index in [1.807, 2.05) is 11.7 Å². The number of aromatic nitrogens is 2. The lowest BCUT2D eigenvalue weighted by Gasteiger charge is -2.23. The number of hydrogen-bond acceptors (Lipinski definition) is 3. The molecule has 0 bridgehead atoms. The first-order chi connectivity index (χ1) is 9.17. The molecule has 1 fully saturated rings. The van der Waals surface area contributed by atoms with Gasteiger partial charge in [0.1, 0.15) is 0 Å². The molecule has 0 amide bonds. The highest BCUT2D eigenvalue weighted by atomic mass is 79.9. The Hall–Kier alpha value is -0.390. The van der Waals surface area contributed by atoms with E-state index in [1.54, 1.807) is 0 Å². The van der Waals surface area contributed by atoms with Crippen molar-refractivity contribution in [3.05, 3.63) is 15.9 Å². The van der Waals surface area contributed by atoms with E-state index < -0.39 is 0 Å². The van der Waals surface area contributed by atoms with E-state index in [1.165, 1.54) is 36.1 Å². The van der Waals surface area contributed by atoms with Crippen LogP contribution in [-0.2, 0) is 20.0 Å². The average Bonchev–Trinajstić information content (AvgIpc) is 2.96. The minimum atomic E-state index is 0.711. The molecule has 1 saturated heterocycles. The Morgan fingerprint density at radius 2 is 2.21 bits per heavy atom. The second-order valence-electron chi connectivity index (χ2n) is 5.24. The third kappa shape index (κ3) is 3.38. The molecule has 1 aliphatic rings. The molecule has 19 heavy (non-hydrogen) atoms. The zero-order valence-electron chi connectivity index (χ0n) is 12.2. The number of rotatable bonds is 6. The van der Waals surface area contributed by atoms with Gasteiger partial charge in [-0.1, -0.05) is 13.8 Å². The van der Waals surface area contributed by atoms with Crippen molar-refractivity contribution in [2.75, 3.05) is 19.6 Å². The Morgan fingerprint density at radius 1 is 1.42 bits per heavy atom. The molecule has 0 saturated carbocycles. The Kier molecular flexibility index (Phi) is 5.42. The van der Waals surface area contributed by atoms with Crippen molar-refractivity contribution < 1.29 is 0 Å². The van der Waals surface area contributed by atoms with Gasteiger partial charge in [0.2, 0.25) is 0 Å². The van der Waals surface area contributed by atoms with Crippen LogP contribution in [0.2, 0.25) is 0 Å². The molecule has 5 heteroatoms. The molecule has 1 N–H and O–H groups in total. The molecule has 0 radical (unpaired) electrons. The van der Waals surface area contributed by atoms with Gasteiger partial charge < -0.3 is 5.32 Å². The Morgan fingerprint density at radius 3 is 2.84 bits per heavy atom. The predicted octanol–water partition coefficient (Wildman–Crippen LogP) is 2.32. The zero-order valence-corrected chi connectivity index (χ0v) is 13.8. The molecule has 2 rings (SSSR count). The fourth-order valence-electron chi connectivity index (χ4n) is 2.91. The summed E-state index contributed by atoms with van der Waals surface area (Å²) in [6.45, 7) is 8.79. The van der Waals surface area contributed by atoms with Crippen molar-refractivity contribution >= 4 is 15.9 Å². The van der Waals surface area contributed by atoms with Crippen molar-refractivity contribution in [2.45, 2.75) is 45.7 Å². The first-order valence-electron chi connectivity index (χ1n) is 7.32. The minimum Gasteiger partial charge on any atom is -0.310 e. The summed E-state index contributed by atoms with van der Waals surface area (Å²) in [7, 11) is 2.02. The van der Waals surface area contributed by atoms with E-state index in [9.17, 15) is 0 Å². The van der Waals surface area contributed by atoms with Gasteiger partial charge in [-0.2, -0.15) is 5.10 Å². The summed E-state index contributed by atoms with van der Waals surface area (Å²) in [5.41, 5.74) is 2.40. The molecule has 1 aromatic rings. The highest BCUT2D eigenvalue weighted by Gasteiger charge is 2.22. The van der Waals surface area contributed by atoms with Crippen LogP contribution in [0.1, 0.15) is 38.1 Å². The number of nitrogens with one attached hydrogen (secondary N) is 1. The van der Waals surface area contributed by atoms with E-state index >= 15 is 0 Å². The van der Waals surface area contributed by atoms with Crippen molar-refractivity contribution in [2.24, 2.45) is 7.05 Å². The van der Waals surface area contributed by atoms with Crippen LogP contribution in [-0.4, -0.2) is 40.4 Å². The van der Waals surface area contributed by atoms with Crippen molar-refractivity contribution in [1.29, 1.82) is 0 Å². The van der Waals surface area contributed by atoms with E-state index in [0.717, 1.165) is 25.2 Å². The van der Waals surface area contributed by atoms with Crippen LogP contribution >= 0.6 is 15.9 Å². The lowest BCUT2D eigenvalue weighted by molar-refractivity contribution is 0.259. The van der Waals surface area contributed by atoms with Gasteiger partial charge in [-0.3, -0.25) is 9.58 Å². The SMILES string of the molecule is CCc1nn(C)c(CNCC2CCCN2CC)c1Br. The standard InChI is InChI=1S/C14H25BrN4/c1-4-12-14(15)13(18(3)17-12)10-16-9-11-7-6-8-19(11)5-2/h11,16H,4-10H2,1-3H3. The maximum absolute atomic E-state index is 4.53. The Labute approximate surface area is 124 Å². The quantitative estimate of drug-likeness (QED) is 0.869. The van der Waals surface area contributed by atoms with Gasteiger partial charge in [0, 0.05) is 26.2 Å². The number of nitrogens with zero attached hydrogens (tertiary/aromatic N) is 3. The molecule has 108 valence electrons. The van der Waals surface area contributed by atoms with Crippen LogP contribution in [0.3, 0.4) is 0 Å². The van der Waals surface area contributed by atoms with Gasteiger partial charge in [-0.25, -0.2) is 0 Å². The Bertz CT molecular complexity index is 416. The number of likely N-dealkylation sites (tertiary alicyclic amines) is 1. The van der Waals surface area contributed by atoms with Crippen LogP contribution < -0.4 is 5.32 Å². The number of halogens is 1. The number of aryl methyl sites for hydroxylation is 2. The second-order valence-corrected chi connectivity index (χ2v) is 6.03. The monoisotopic (exact) mass is 328 g/mol. The molecular formula is C14H25BrN4. The maximum Gasteiger partial charge on any atom is 0.0767 e. The second kappa shape index (κ2) is 6.86. The summed E-state index contributed by atoms with van der Waals surface area (Å²) in [5, 5.41) is 8.12. The topological polar surface area (TPSA) is 33.1 Å². The molecule has 1 atom stereocenters. The summed E-state index contributed by atoms with van der Waals surface area (Å²) in [5.74, 6) is 0. The van der Waals surface area contributed by atoms with Crippen LogP contribution in [0.5, 0.6) is 0 Å². The van der Waals surface area contributed by atoms with E-state index in [-0.39, 0.29) is 0 Å². The van der Waals surface area contributed by atoms with E-state index in [4.69, 9.17) is 0 Å². The van der Waals surface area contributed by atoms with Crippen molar-refractivity contribution in [3.8, 4) is 0 Å². The van der Waals surface area contributed by atoms with Gasteiger partial charge in [-0.05, 0) is 48.3 Å². The van der Waals surface area contributed by atoms with Crippen molar-refractivity contribution in [3.63, 3.8) is 0 Å². The van der Waals surface area contributed by atoms with Gasteiger partial charge >= 0.3 is 0 Å². The summed E-state index contributed by atoms with van der Waals surface area (Å²) < 4.78 is 3.16. The summed E-state index contributed by atoms with van der Waals surface area (Å²) >= 11 is 3.67. The first kappa shape index (κ1) is 15.0. The molecule has 2 heterocycles. The minimum absolute atomic E-state index is 0.711. The molecule has 1 aromatic heterocycles. The van der Waals surface area contributed by atoms with Crippen LogP contribution in [0.15, 0.2) is 4.47 Å². The third-order valence-corrected chi connectivity index (χ3v) is 5.00. The van der Waals surface area contributed by atoms with E-state index in [0.29, 0.717) is 6.04 Å². The molecule has 1 aliphatic heterocycles. The first-order valence-corrected chi connectivity index (χ1v) is 8.11. The van der Waals surface area contributed by atoms with Gasteiger partial charge in [0.25, 0.3) is 0 Å². The fourth-order valence-corrected chi connectivity index (χ4v) is 3.67. The van der Waals surface area contributed by atoms with E-state index in [2.05, 4.69) is 45.1 Å². The molecule has 0 aliphatic carbocycles. The van der Waals surface area contributed by atoms with Crippen LogP contribution in [0, 0.1) is 0 Å². The smallest absolute Gasteiger partial charge is 0.0767 e. The fraction of sp³-hybridized carbons (Fsp3) is 0.786. The molecule has 4 nitrogen and oxygen atoms in total. The molecule has 0 spiro atoms. The lowest BCUT2D eigenvalue weighted by Crippen LogP contribution is -2.37. The predicted molar refractivity (Wildman–Crippen MR) is 82.3 cm³/mol. The molecule has 1 unspecified atom stereocenters. The van der Waals surface area contributed by atoms with Crippen LogP contribution in [0.25, 0.3) is 0 Å². The van der Waals surface area contributed by atoms with Gasteiger partial charge in [0.15, 0.2) is 0 Å². The van der Waals surface area contributed by atoms with Gasteiger partial charge in [0.05, 0.1) is 15.9 Å². The Balaban J connectivity index is 1.87. The number of likely N-dealkylation sites (N-methyl/N-ethyl adjacent to an activating group) is 1.